The third-order valence-corrected chi connectivity index (χ3v) is 6.20. The normalized spacial score (nSPS) is 18.2. The summed E-state index contributed by atoms with van der Waals surface area (Å²) < 4.78 is 31.5. The van der Waals surface area contributed by atoms with Crippen LogP contribution in [-0.4, -0.2) is 25.9 Å². The lowest BCUT2D eigenvalue weighted by Crippen LogP contribution is -2.28. The summed E-state index contributed by atoms with van der Waals surface area (Å²) in [7, 11) is 1.67. The van der Waals surface area contributed by atoms with Crippen molar-refractivity contribution in [2.24, 2.45) is 5.73 Å². The van der Waals surface area contributed by atoms with Crippen molar-refractivity contribution < 1.29 is 18.6 Å². The lowest BCUT2D eigenvalue weighted by molar-refractivity contribution is -0.00662. The zero-order valence-electron chi connectivity index (χ0n) is 19.1. The number of nitrogens with two attached hydrogens (primary N) is 1. The third-order valence-electron chi connectivity index (χ3n) is 6.20. The number of methoxy groups -OCH3 is 1. The Morgan fingerprint density at radius 1 is 0.879 bits per heavy atom. The molecule has 2 N–H and O–H groups in total. The maximum Gasteiger partial charge on any atom is 0.123 e. The van der Waals surface area contributed by atoms with Crippen LogP contribution in [0.5, 0.6) is 11.5 Å². The highest BCUT2D eigenvalue weighted by Crippen LogP contribution is 2.32. The molecule has 1 fully saturated rings. The van der Waals surface area contributed by atoms with Gasteiger partial charge in [-0.25, -0.2) is 4.39 Å². The van der Waals surface area contributed by atoms with E-state index in [1.807, 2.05) is 48.5 Å². The monoisotopic (exact) mass is 449 g/mol. The van der Waals surface area contributed by atoms with Crippen LogP contribution in [0.1, 0.15) is 36.8 Å². The number of hydrogen-bond acceptors (Lipinski definition) is 4. The Balaban J connectivity index is 1.33. The average molecular weight is 450 g/mol. The largest absolute Gasteiger partial charge is 0.497 e. The molecular formula is C28H32FNO3. The molecular weight excluding hydrogens is 417 g/mol. The predicted octanol–water partition coefficient (Wildman–Crippen LogP) is 5.91. The molecule has 174 valence electrons. The van der Waals surface area contributed by atoms with Crippen molar-refractivity contribution in [2.75, 3.05) is 13.7 Å². The fraction of sp³-hybridized carbons (Fsp3) is 0.357. The summed E-state index contributed by atoms with van der Waals surface area (Å²) in [4.78, 5) is 0. The van der Waals surface area contributed by atoms with E-state index in [4.69, 9.17) is 19.9 Å². The van der Waals surface area contributed by atoms with Crippen LogP contribution in [0.15, 0.2) is 66.7 Å². The van der Waals surface area contributed by atoms with Crippen LogP contribution in [0, 0.1) is 5.82 Å². The molecule has 1 aliphatic carbocycles. The number of hydrogen-bond donors (Lipinski definition) is 1. The molecule has 3 aromatic carbocycles. The number of halogens is 1. The lowest BCUT2D eigenvalue weighted by atomic mass is 9.94. The summed E-state index contributed by atoms with van der Waals surface area (Å²) in [6.45, 7) is 1.16. The highest BCUT2D eigenvalue weighted by molar-refractivity contribution is 5.69. The van der Waals surface area contributed by atoms with Gasteiger partial charge in [0.2, 0.25) is 0 Å². The van der Waals surface area contributed by atoms with Gasteiger partial charge in [-0.3, -0.25) is 0 Å². The quantitative estimate of drug-likeness (QED) is 0.441. The highest BCUT2D eigenvalue weighted by atomic mass is 19.1. The van der Waals surface area contributed by atoms with Crippen LogP contribution in [0.4, 0.5) is 4.39 Å². The van der Waals surface area contributed by atoms with Gasteiger partial charge in [0, 0.05) is 0 Å². The molecule has 0 heterocycles. The number of ether oxygens (including phenoxy) is 3. The Kier molecular flexibility index (Phi) is 7.97. The van der Waals surface area contributed by atoms with E-state index >= 15 is 0 Å². The minimum absolute atomic E-state index is 0.159. The van der Waals surface area contributed by atoms with E-state index < -0.39 is 0 Å². The van der Waals surface area contributed by atoms with E-state index in [2.05, 4.69) is 0 Å². The molecule has 4 rings (SSSR count). The molecule has 0 unspecified atom stereocenters. The van der Waals surface area contributed by atoms with Gasteiger partial charge in [-0.2, -0.15) is 0 Å². The summed E-state index contributed by atoms with van der Waals surface area (Å²) >= 11 is 0. The summed E-state index contributed by atoms with van der Waals surface area (Å²) in [5, 5.41) is 0. The molecule has 0 bridgehead atoms. The third kappa shape index (κ3) is 6.34. The molecule has 3 aromatic rings. The standard InChI is InChI=1S/C28H32FNO3/c1-31-24-8-5-20(6-9-24)19-32-25-11-13-26(14-12-25)33-27-10-7-21(15-16-30)28(18-27)22-3-2-4-23(29)17-22/h2-10,17-18,25-26H,11-16,19,30H2,1H3. The van der Waals surface area contributed by atoms with E-state index in [1.165, 1.54) is 6.07 Å². The lowest BCUT2D eigenvalue weighted by Gasteiger charge is -2.29. The van der Waals surface area contributed by atoms with Crippen molar-refractivity contribution in [2.45, 2.75) is 50.9 Å². The second-order valence-corrected chi connectivity index (χ2v) is 8.54. The first kappa shape index (κ1) is 23.3. The van der Waals surface area contributed by atoms with Crippen molar-refractivity contribution in [1.29, 1.82) is 0 Å². The molecule has 5 heteroatoms. The van der Waals surface area contributed by atoms with E-state index in [1.54, 1.807) is 19.2 Å². The minimum Gasteiger partial charge on any atom is -0.497 e. The van der Waals surface area contributed by atoms with Gasteiger partial charge in [0.1, 0.15) is 17.3 Å². The van der Waals surface area contributed by atoms with Crippen LogP contribution < -0.4 is 15.2 Å². The van der Waals surface area contributed by atoms with Gasteiger partial charge >= 0.3 is 0 Å². The molecule has 0 amide bonds. The Hall–Kier alpha value is -2.89. The van der Waals surface area contributed by atoms with Gasteiger partial charge in [0.15, 0.2) is 0 Å². The van der Waals surface area contributed by atoms with Crippen LogP contribution in [0.25, 0.3) is 11.1 Å². The van der Waals surface area contributed by atoms with Crippen molar-refractivity contribution in [3.05, 3.63) is 83.7 Å². The summed E-state index contributed by atoms with van der Waals surface area (Å²) in [5.41, 5.74) is 9.87. The first-order valence-electron chi connectivity index (χ1n) is 11.6. The maximum absolute atomic E-state index is 13.8. The fourth-order valence-corrected chi connectivity index (χ4v) is 4.37. The Morgan fingerprint density at radius 2 is 1.61 bits per heavy atom. The second kappa shape index (κ2) is 11.3. The van der Waals surface area contributed by atoms with Crippen LogP contribution in [-0.2, 0) is 17.8 Å². The van der Waals surface area contributed by atoms with Crippen molar-refractivity contribution >= 4 is 0 Å². The van der Waals surface area contributed by atoms with Crippen LogP contribution in [0.2, 0.25) is 0 Å². The average Bonchev–Trinajstić information content (AvgIpc) is 2.85. The first-order chi connectivity index (χ1) is 16.1. The van der Waals surface area contributed by atoms with Gasteiger partial charge in [-0.15, -0.1) is 0 Å². The molecule has 0 aromatic heterocycles. The van der Waals surface area contributed by atoms with Crippen molar-refractivity contribution in [3.8, 4) is 22.6 Å². The molecule has 0 radical (unpaired) electrons. The topological polar surface area (TPSA) is 53.7 Å². The molecule has 0 atom stereocenters. The predicted molar refractivity (Wildman–Crippen MR) is 129 cm³/mol. The fourth-order valence-electron chi connectivity index (χ4n) is 4.37. The molecule has 1 aliphatic rings. The van der Waals surface area contributed by atoms with Gasteiger partial charge in [-0.05, 0) is 97.3 Å². The molecule has 33 heavy (non-hydrogen) atoms. The van der Waals surface area contributed by atoms with Gasteiger partial charge < -0.3 is 19.9 Å². The highest BCUT2D eigenvalue weighted by Gasteiger charge is 2.23. The second-order valence-electron chi connectivity index (χ2n) is 8.54. The van der Waals surface area contributed by atoms with Gasteiger partial charge in [-0.1, -0.05) is 30.3 Å². The van der Waals surface area contributed by atoms with Crippen molar-refractivity contribution in [3.63, 3.8) is 0 Å². The molecule has 0 aliphatic heterocycles. The summed E-state index contributed by atoms with van der Waals surface area (Å²) in [6, 6.07) is 20.7. The molecule has 1 saturated carbocycles. The molecule has 0 saturated heterocycles. The van der Waals surface area contributed by atoms with E-state index in [0.29, 0.717) is 13.2 Å². The van der Waals surface area contributed by atoms with Gasteiger partial charge in [0.05, 0.1) is 25.9 Å². The van der Waals surface area contributed by atoms with Crippen LogP contribution in [0.3, 0.4) is 0 Å². The molecule has 0 spiro atoms. The zero-order valence-corrected chi connectivity index (χ0v) is 19.1. The van der Waals surface area contributed by atoms with E-state index in [9.17, 15) is 4.39 Å². The van der Waals surface area contributed by atoms with Crippen LogP contribution >= 0.6 is 0 Å². The summed E-state index contributed by atoms with van der Waals surface area (Å²) in [6.07, 6.45) is 5.00. The van der Waals surface area contributed by atoms with Gasteiger partial charge in [0.25, 0.3) is 0 Å². The number of rotatable bonds is 9. The SMILES string of the molecule is COc1ccc(COC2CCC(Oc3ccc(CCN)c(-c4cccc(F)c4)c3)CC2)cc1. The number of benzene rings is 3. The Morgan fingerprint density at radius 3 is 2.30 bits per heavy atom. The molecule has 4 nitrogen and oxygen atoms in total. The Bertz CT molecular complexity index is 1030. The maximum atomic E-state index is 13.8. The Labute approximate surface area is 195 Å². The van der Waals surface area contributed by atoms with E-state index in [0.717, 1.165) is 65.9 Å². The first-order valence-corrected chi connectivity index (χ1v) is 11.6. The minimum atomic E-state index is -0.245. The van der Waals surface area contributed by atoms with E-state index in [-0.39, 0.29) is 18.0 Å². The zero-order chi connectivity index (χ0) is 23.0. The smallest absolute Gasteiger partial charge is 0.123 e. The summed E-state index contributed by atoms with van der Waals surface area (Å²) in [5.74, 6) is 1.43. The van der Waals surface area contributed by atoms with Crippen molar-refractivity contribution in [1.82, 2.24) is 0 Å².